The molecular weight excluding hydrogens is 287 g/mol. The van der Waals surface area contributed by atoms with Crippen LogP contribution in [0.5, 0.6) is 0 Å². The molecule has 2 nitrogen and oxygen atoms in total. The van der Waals surface area contributed by atoms with Gasteiger partial charge in [-0.15, -0.1) is 11.3 Å². The van der Waals surface area contributed by atoms with Crippen molar-refractivity contribution in [3.63, 3.8) is 0 Å². The minimum Gasteiger partial charge on any atom is -0.307 e. The van der Waals surface area contributed by atoms with E-state index in [1.54, 1.807) is 17.4 Å². The molecule has 2 rings (SSSR count). The minimum atomic E-state index is -0.0198. The molecule has 0 amide bonds. The van der Waals surface area contributed by atoms with E-state index in [0.29, 0.717) is 10.0 Å². The Kier molecular flexibility index (Phi) is 4.28. The van der Waals surface area contributed by atoms with Crippen LogP contribution in [0.3, 0.4) is 0 Å². The van der Waals surface area contributed by atoms with Crippen LogP contribution in [-0.4, -0.2) is 12.0 Å². The molecular formula is C13H14Cl2N2S. The van der Waals surface area contributed by atoms with E-state index in [-0.39, 0.29) is 6.04 Å². The first kappa shape index (κ1) is 13.8. The third-order valence-electron chi connectivity index (χ3n) is 2.85. The lowest BCUT2D eigenvalue weighted by Gasteiger charge is -2.15. The largest absolute Gasteiger partial charge is 0.307 e. The van der Waals surface area contributed by atoms with Gasteiger partial charge < -0.3 is 5.32 Å². The molecule has 0 radical (unpaired) electrons. The second-order valence-corrected chi connectivity index (χ2v) is 6.16. The predicted molar refractivity (Wildman–Crippen MR) is 79.0 cm³/mol. The van der Waals surface area contributed by atoms with E-state index in [9.17, 15) is 0 Å². The zero-order chi connectivity index (χ0) is 13.3. The first-order valence-corrected chi connectivity index (χ1v) is 7.16. The normalized spacial score (nSPS) is 12.7. The molecule has 1 heterocycles. The number of thiazole rings is 1. The van der Waals surface area contributed by atoms with Crippen molar-refractivity contribution in [3.05, 3.63) is 49.4 Å². The molecule has 0 saturated carbocycles. The molecule has 0 aliphatic carbocycles. The van der Waals surface area contributed by atoms with Gasteiger partial charge in [-0.25, -0.2) is 4.98 Å². The van der Waals surface area contributed by atoms with E-state index in [4.69, 9.17) is 23.2 Å². The van der Waals surface area contributed by atoms with Crippen LogP contribution in [0.2, 0.25) is 10.0 Å². The summed E-state index contributed by atoms with van der Waals surface area (Å²) in [7, 11) is 1.90. The maximum absolute atomic E-state index is 6.24. The number of aryl methyl sites for hydroxylation is 2. The molecule has 0 aliphatic heterocycles. The standard InChI is InChI=1S/C13H14Cl2N2S/c1-7-8(2)18-13(17-7)12(16-3)10-6-9(14)4-5-11(10)15/h4-6,12,16H,1-3H3. The molecule has 0 aliphatic rings. The fraction of sp³-hybridized carbons (Fsp3) is 0.308. The zero-order valence-corrected chi connectivity index (χ0v) is 12.7. The van der Waals surface area contributed by atoms with Gasteiger partial charge in [0.25, 0.3) is 0 Å². The molecule has 18 heavy (non-hydrogen) atoms. The zero-order valence-electron chi connectivity index (χ0n) is 10.4. The van der Waals surface area contributed by atoms with Crippen LogP contribution < -0.4 is 5.32 Å². The van der Waals surface area contributed by atoms with E-state index < -0.39 is 0 Å². The second kappa shape index (κ2) is 5.57. The summed E-state index contributed by atoms with van der Waals surface area (Å²) in [5.41, 5.74) is 2.02. The number of hydrogen-bond donors (Lipinski definition) is 1. The summed E-state index contributed by atoms with van der Waals surface area (Å²) in [6.07, 6.45) is 0. The molecule has 1 N–H and O–H groups in total. The van der Waals surface area contributed by atoms with E-state index in [2.05, 4.69) is 17.2 Å². The first-order valence-electron chi connectivity index (χ1n) is 5.59. The molecule has 96 valence electrons. The van der Waals surface area contributed by atoms with Gasteiger partial charge in [0, 0.05) is 14.9 Å². The lowest BCUT2D eigenvalue weighted by atomic mass is 10.1. The van der Waals surface area contributed by atoms with Crippen molar-refractivity contribution in [2.45, 2.75) is 19.9 Å². The van der Waals surface area contributed by atoms with Gasteiger partial charge in [-0.1, -0.05) is 23.2 Å². The van der Waals surface area contributed by atoms with Gasteiger partial charge in [-0.3, -0.25) is 0 Å². The van der Waals surface area contributed by atoms with Crippen LogP contribution in [0.25, 0.3) is 0 Å². The summed E-state index contributed by atoms with van der Waals surface area (Å²) >= 11 is 14.0. The maximum atomic E-state index is 6.24. The molecule has 0 bridgehead atoms. The molecule has 5 heteroatoms. The summed E-state index contributed by atoms with van der Waals surface area (Å²) in [6.45, 7) is 4.09. The first-order chi connectivity index (χ1) is 8.52. The van der Waals surface area contributed by atoms with Gasteiger partial charge in [-0.05, 0) is 44.7 Å². The highest BCUT2D eigenvalue weighted by Gasteiger charge is 2.19. The summed E-state index contributed by atoms with van der Waals surface area (Å²) in [5, 5.41) is 5.64. The van der Waals surface area contributed by atoms with Crippen LogP contribution >= 0.6 is 34.5 Å². The lowest BCUT2D eigenvalue weighted by Crippen LogP contribution is -2.18. The molecule has 1 unspecified atom stereocenters. The topological polar surface area (TPSA) is 24.9 Å². The Morgan fingerprint density at radius 2 is 2.00 bits per heavy atom. The summed E-state index contributed by atoms with van der Waals surface area (Å²) in [5.74, 6) is 0. The van der Waals surface area contributed by atoms with E-state index in [1.165, 1.54) is 4.88 Å². The highest BCUT2D eigenvalue weighted by Crippen LogP contribution is 2.33. The molecule has 2 aromatic rings. The van der Waals surface area contributed by atoms with Crippen LogP contribution in [-0.2, 0) is 0 Å². The van der Waals surface area contributed by atoms with Crippen molar-refractivity contribution in [1.82, 2.24) is 10.3 Å². The highest BCUT2D eigenvalue weighted by atomic mass is 35.5. The molecule has 1 atom stereocenters. The highest BCUT2D eigenvalue weighted by molar-refractivity contribution is 7.11. The number of halogens is 2. The van der Waals surface area contributed by atoms with Crippen molar-refractivity contribution in [1.29, 1.82) is 0 Å². The molecule has 0 spiro atoms. The predicted octanol–water partition coefficient (Wildman–Crippen LogP) is 4.38. The van der Waals surface area contributed by atoms with Gasteiger partial charge in [0.1, 0.15) is 5.01 Å². The molecule has 0 saturated heterocycles. The van der Waals surface area contributed by atoms with Crippen molar-refractivity contribution >= 4 is 34.5 Å². The van der Waals surface area contributed by atoms with Crippen molar-refractivity contribution in [2.24, 2.45) is 0 Å². The third kappa shape index (κ3) is 2.69. The fourth-order valence-corrected chi connectivity index (χ4v) is 3.23. The lowest BCUT2D eigenvalue weighted by molar-refractivity contribution is 0.685. The van der Waals surface area contributed by atoms with Crippen LogP contribution in [0.4, 0.5) is 0 Å². The third-order valence-corrected chi connectivity index (χ3v) is 4.57. The van der Waals surface area contributed by atoms with Gasteiger partial charge in [-0.2, -0.15) is 0 Å². The van der Waals surface area contributed by atoms with Gasteiger partial charge in [0.2, 0.25) is 0 Å². The van der Waals surface area contributed by atoms with Crippen molar-refractivity contribution < 1.29 is 0 Å². The van der Waals surface area contributed by atoms with Crippen molar-refractivity contribution in [2.75, 3.05) is 7.05 Å². The fourth-order valence-electron chi connectivity index (χ4n) is 1.77. The Morgan fingerprint density at radius 3 is 2.56 bits per heavy atom. The van der Waals surface area contributed by atoms with Crippen LogP contribution in [0.15, 0.2) is 18.2 Å². The summed E-state index contributed by atoms with van der Waals surface area (Å²) in [4.78, 5) is 5.81. The number of hydrogen-bond acceptors (Lipinski definition) is 3. The molecule has 0 fully saturated rings. The Hall–Kier alpha value is -0.610. The Bertz CT molecular complexity index is 547. The quantitative estimate of drug-likeness (QED) is 0.910. The Balaban J connectivity index is 2.48. The number of aromatic nitrogens is 1. The van der Waals surface area contributed by atoms with Gasteiger partial charge >= 0.3 is 0 Å². The van der Waals surface area contributed by atoms with Gasteiger partial charge in [0.15, 0.2) is 0 Å². The smallest absolute Gasteiger partial charge is 0.115 e. The number of benzene rings is 1. The average Bonchev–Trinajstić information content (AvgIpc) is 2.65. The molecule has 1 aromatic carbocycles. The molecule has 1 aromatic heterocycles. The van der Waals surface area contributed by atoms with E-state index >= 15 is 0 Å². The maximum Gasteiger partial charge on any atom is 0.115 e. The van der Waals surface area contributed by atoms with Crippen LogP contribution in [0.1, 0.15) is 27.2 Å². The van der Waals surface area contributed by atoms with Crippen molar-refractivity contribution in [3.8, 4) is 0 Å². The minimum absolute atomic E-state index is 0.0198. The summed E-state index contributed by atoms with van der Waals surface area (Å²) < 4.78 is 0. The SMILES string of the molecule is CNC(c1nc(C)c(C)s1)c1cc(Cl)ccc1Cl. The summed E-state index contributed by atoms with van der Waals surface area (Å²) in [6, 6.07) is 5.47. The van der Waals surface area contributed by atoms with Crippen LogP contribution in [0, 0.1) is 13.8 Å². The second-order valence-electron chi connectivity index (χ2n) is 4.08. The number of nitrogens with one attached hydrogen (secondary N) is 1. The van der Waals surface area contributed by atoms with E-state index in [1.807, 2.05) is 26.1 Å². The van der Waals surface area contributed by atoms with Gasteiger partial charge in [0.05, 0.1) is 11.7 Å². The Morgan fingerprint density at radius 1 is 1.28 bits per heavy atom. The monoisotopic (exact) mass is 300 g/mol. The number of nitrogens with zero attached hydrogens (tertiary/aromatic N) is 1. The van der Waals surface area contributed by atoms with E-state index in [0.717, 1.165) is 16.3 Å². The number of rotatable bonds is 3. The Labute approximate surface area is 121 Å². The average molecular weight is 301 g/mol.